The highest BCUT2D eigenvalue weighted by molar-refractivity contribution is 6.04. The van der Waals surface area contributed by atoms with Crippen molar-refractivity contribution < 1.29 is 18.4 Å². The minimum absolute atomic E-state index is 0.160. The molecule has 2 aromatic carbocycles. The van der Waals surface area contributed by atoms with Crippen LogP contribution in [0.1, 0.15) is 22.5 Å². The summed E-state index contributed by atoms with van der Waals surface area (Å²) in [5.41, 5.74) is 7.91. The number of nitrogens with one attached hydrogen (secondary N) is 2. The molecule has 0 unspecified atom stereocenters. The van der Waals surface area contributed by atoms with Crippen molar-refractivity contribution in [3.63, 3.8) is 0 Å². The molecule has 39 heavy (non-hydrogen) atoms. The first-order valence-electron chi connectivity index (χ1n) is 12.8. The Balaban J connectivity index is 1.41. The molecule has 4 rings (SSSR count). The number of halogens is 2. The number of benzene rings is 2. The van der Waals surface area contributed by atoms with Gasteiger partial charge in [0.1, 0.15) is 5.69 Å². The highest BCUT2D eigenvalue weighted by Gasteiger charge is 2.18. The summed E-state index contributed by atoms with van der Waals surface area (Å²) in [4.78, 5) is 36.2. The van der Waals surface area contributed by atoms with E-state index in [9.17, 15) is 18.4 Å². The number of likely N-dealkylation sites (N-methyl/N-ethyl adjacent to an activating group) is 1. The van der Waals surface area contributed by atoms with E-state index in [1.807, 2.05) is 0 Å². The standard InChI is InChI=1S/C28H33F2N7O2/c1-35-13-15-36(16-14-35)11-4-12-37(28(39)33-21-8-9-22(29)23(30)17-21)19-20-7-10-26(32-18-20)27(38)34-25-6-3-2-5-24(25)31/h2-3,5-10,17-18H,4,11-16,19,31H2,1H3,(H,33,39)(H,34,38). The molecule has 4 N–H and O–H groups in total. The molecule has 0 radical (unpaired) electrons. The molecule has 11 heteroatoms. The van der Waals surface area contributed by atoms with Gasteiger partial charge in [0.15, 0.2) is 11.6 Å². The van der Waals surface area contributed by atoms with Gasteiger partial charge in [-0.2, -0.15) is 0 Å². The topological polar surface area (TPSA) is 107 Å². The van der Waals surface area contributed by atoms with Crippen molar-refractivity contribution in [2.75, 3.05) is 62.7 Å². The van der Waals surface area contributed by atoms with Gasteiger partial charge in [-0.15, -0.1) is 0 Å². The second kappa shape index (κ2) is 13.1. The summed E-state index contributed by atoms with van der Waals surface area (Å²) in [7, 11) is 2.10. The molecule has 2 heterocycles. The summed E-state index contributed by atoms with van der Waals surface area (Å²) in [5.74, 6) is -2.42. The predicted octanol–water partition coefficient (Wildman–Crippen LogP) is 3.87. The van der Waals surface area contributed by atoms with Crippen molar-refractivity contribution in [1.82, 2.24) is 19.7 Å². The van der Waals surface area contributed by atoms with Gasteiger partial charge in [0, 0.05) is 57.2 Å². The predicted molar refractivity (Wildman–Crippen MR) is 147 cm³/mol. The van der Waals surface area contributed by atoms with Crippen LogP contribution in [0.15, 0.2) is 60.8 Å². The van der Waals surface area contributed by atoms with Gasteiger partial charge in [0.2, 0.25) is 0 Å². The van der Waals surface area contributed by atoms with E-state index in [-0.39, 0.29) is 17.9 Å². The number of nitrogens with two attached hydrogens (primary N) is 1. The number of carbonyl (C=O) groups excluding carboxylic acids is 2. The first kappa shape index (κ1) is 27.9. The molecular formula is C28H33F2N7O2. The van der Waals surface area contributed by atoms with Gasteiger partial charge in [-0.05, 0) is 55.9 Å². The van der Waals surface area contributed by atoms with Crippen molar-refractivity contribution >= 4 is 29.0 Å². The summed E-state index contributed by atoms with van der Waals surface area (Å²) in [5, 5.41) is 5.39. The number of para-hydroxylation sites is 2. The zero-order valence-electron chi connectivity index (χ0n) is 21.9. The Morgan fingerprint density at radius 3 is 2.46 bits per heavy atom. The lowest BCUT2D eigenvalue weighted by molar-refractivity contribution is 0.102. The number of hydrogen-bond acceptors (Lipinski definition) is 6. The Hall–Kier alpha value is -4.09. The Morgan fingerprint density at radius 2 is 1.77 bits per heavy atom. The quantitative estimate of drug-likeness (QED) is 0.358. The lowest BCUT2D eigenvalue weighted by Crippen LogP contribution is -2.45. The molecule has 0 saturated carbocycles. The molecule has 1 fully saturated rings. The maximum atomic E-state index is 13.7. The molecule has 0 spiro atoms. The smallest absolute Gasteiger partial charge is 0.322 e. The van der Waals surface area contributed by atoms with E-state index in [1.54, 1.807) is 47.5 Å². The van der Waals surface area contributed by atoms with E-state index in [0.717, 1.165) is 51.3 Å². The van der Waals surface area contributed by atoms with Crippen LogP contribution in [0, 0.1) is 11.6 Å². The Kier molecular flexibility index (Phi) is 9.40. The van der Waals surface area contributed by atoms with E-state index >= 15 is 0 Å². The molecule has 1 aromatic heterocycles. The van der Waals surface area contributed by atoms with E-state index in [1.165, 1.54) is 6.07 Å². The van der Waals surface area contributed by atoms with Crippen molar-refractivity contribution in [3.05, 3.63) is 83.7 Å². The van der Waals surface area contributed by atoms with Crippen LogP contribution < -0.4 is 16.4 Å². The van der Waals surface area contributed by atoms with Crippen molar-refractivity contribution in [1.29, 1.82) is 0 Å². The van der Waals surface area contributed by atoms with Crippen molar-refractivity contribution in [2.24, 2.45) is 0 Å². The first-order chi connectivity index (χ1) is 18.8. The van der Waals surface area contributed by atoms with Crippen LogP contribution in [0.5, 0.6) is 0 Å². The summed E-state index contributed by atoms with van der Waals surface area (Å²) in [6.45, 7) is 5.45. The van der Waals surface area contributed by atoms with Crippen molar-refractivity contribution in [3.8, 4) is 0 Å². The van der Waals surface area contributed by atoms with Crippen LogP contribution in [0.2, 0.25) is 0 Å². The number of aromatic nitrogens is 1. The van der Waals surface area contributed by atoms with Gasteiger partial charge in [0.05, 0.1) is 11.4 Å². The van der Waals surface area contributed by atoms with Crippen LogP contribution in [0.25, 0.3) is 0 Å². The van der Waals surface area contributed by atoms with Gasteiger partial charge >= 0.3 is 6.03 Å². The molecule has 3 amide bonds. The second-order valence-corrected chi connectivity index (χ2v) is 9.57. The number of nitrogen functional groups attached to an aromatic ring is 1. The third-order valence-electron chi connectivity index (χ3n) is 6.60. The number of anilines is 3. The third-order valence-corrected chi connectivity index (χ3v) is 6.60. The second-order valence-electron chi connectivity index (χ2n) is 9.57. The summed E-state index contributed by atoms with van der Waals surface area (Å²) < 4.78 is 27.0. The monoisotopic (exact) mass is 537 g/mol. The number of amides is 3. The zero-order valence-corrected chi connectivity index (χ0v) is 21.9. The number of piperazine rings is 1. The van der Waals surface area contributed by atoms with Crippen LogP contribution >= 0.6 is 0 Å². The average Bonchev–Trinajstić information content (AvgIpc) is 2.93. The maximum Gasteiger partial charge on any atom is 0.322 e. The van der Waals surface area contributed by atoms with Crippen LogP contribution in [0.3, 0.4) is 0 Å². The number of rotatable bonds is 9. The van der Waals surface area contributed by atoms with Gasteiger partial charge in [-0.3, -0.25) is 9.78 Å². The van der Waals surface area contributed by atoms with Crippen LogP contribution in [0.4, 0.5) is 30.6 Å². The Labute approximate surface area is 226 Å². The molecule has 1 saturated heterocycles. The summed E-state index contributed by atoms with van der Waals surface area (Å²) in [6.07, 6.45) is 2.28. The largest absolute Gasteiger partial charge is 0.397 e. The highest BCUT2D eigenvalue weighted by Crippen LogP contribution is 2.18. The van der Waals surface area contributed by atoms with E-state index < -0.39 is 23.6 Å². The molecule has 9 nitrogen and oxygen atoms in total. The highest BCUT2D eigenvalue weighted by atomic mass is 19.2. The number of nitrogens with zero attached hydrogens (tertiary/aromatic N) is 4. The Bertz CT molecular complexity index is 1280. The maximum absolute atomic E-state index is 13.7. The van der Waals surface area contributed by atoms with E-state index in [0.29, 0.717) is 23.5 Å². The molecule has 1 aliphatic heterocycles. The summed E-state index contributed by atoms with van der Waals surface area (Å²) >= 11 is 0. The van der Waals surface area contributed by atoms with Gasteiger partial charge in [-0.1, -0.05) is 18.2 Å². The van der Waals surface area contributed by atoms with Gasteiger partial charge < -0.3 is 31.1 Å². The van der Waals surface area contributed by atoms with Crippen molar-refractivity contribution in [2.45, 2.75) is 13.0 Å². The molecule has 0 aliphatic carbocycles. The van der Waals surface area contributed by atoms with Gasteiger partial charge in [0.25, 0.3) is 5.91 Å². The molecule has 3 aromatic rings. The zero-order chi connectivity index (χ0) is 27.8. The average molecular weight is 538 g/mol. The fraction of sp³-hybridized carbons (Fsp3) is 0.321. The lowest BCUT2D eigenvalue weighted by Gasteiger charge is -2.33. The molecule has 206 valence electrons. The molecule has 1 aliphatic rings. The van der Waals surface area contributed by atoms with E-state index in [2.05, 4.69) is 32.5 Å². The third kappa shape index (κ3) is 7.95. The van der Waals surface area contributed by atoms with Crippen LogP contribution in [-0.4, -0.2) is 77.9 Å². The fourth-order valence-corrected chi connectivity index (χ4v) is 4.26. The first-order valence-corrected chi connectivity index (χ1v) is 12.8. The fourth-order valence-electron chi connectivity index (χ4n) is 4.26. The lowest BCUT2D eigenvalue weighted by atomic mass is 10.2. The van der Waals surface area contributed by atoms with E-state index in [4.69, 9.17) is 5.73 Å². The number of urea groups is 1. The van der Waals surface area contributed by atoms with Crippen LogP contribution in [-0.2, 0) is 6.54 Å². The van der Waals surface area contributed by atoms with Gasteiger partial charge in [-0.25, -0.2) is 13.6 Å². The molecular weight excluding hydrogens is 504 g/mol. The number of carbonyl (C=O) groups is 2. The number of hydrogen-bond donors (Lipinski definition) is 3. The number of pyridine rings is 1. The normalized spacial score (nSPS) is 14.1. The molecule has 0 bridgehead atoms. The SMILES string of the molecule is CN1CCN(CCCN(Cc2ccc(C(=O)Nc3ccccc3N)nc2)C(=O)Nc2ccc(F)c(F)c2)CC1. The minimum atomic E-state index is -1.04. The molecule has 0 atom stereocenters. The minimum Gasteiger partial charge on any atom is -0.397 e. The Morgan fingerprint density at radius 1 is 1.00 bits per heavy atom. The summed E-state index contributed by atoms with van der Waals surface area (Å²) in [6, 6.07) is 13.0.